The maximum absolute atomic E-state index is 11.8. The predicted molar refractivity (Wildman–Crippen MR) is 72.2 cm³/mol. The molecule has 94 valence electrons. The summed E-state index contributed by atoms with van der Waals surface area (Å²) in [6, 6.07) is 0.183. The number of halogens is 1. The molecule has 0 spiro atoms. The molecule has 1 fully saturated rings. The smallest absolute Gasteiger partial charge is 0.220 e. The first-order chi connectivity index (χ1) is 7.63. The zero-order valence-corrected chi connectivity index (χ0v) is 11.7. The van der Waals surface area contributed by atoms with E-state index in [1.807, 2.05) is 18.7 Å². The van der Waals surface area contributed by atoms with Crippen molar-refractivity contribution in [2.75, 3.05) is 17.4 Å². The van der Waals surface area contributed by atoms with Crippen LogP contribution in [0.4, 0.5) is 0 Å². The second-order valence-electron chi connectivity index (χ2n) is 4.75. The Kier molecular flexibility index (Phi) is 6.59. The first-order valence-electron chi connectivity index (χ1n) is 6.06. The van der Waals surface area contributed by atoms with Crippen LogP contribution in [-0.2, 0) is 4.79 Å². The van der Waals surface area contributed by atoms with E-state index in [0.717, 1.165) is 0 Å². The third-order valence-electron chi connectivity index (χ3n) is 3.30. The van der Waals surface area contributed by atoms with Crippen LogP contribution in [0.2, 0.25) is 0 Å². The number of amides is 1. The normalized spacial score (nSPS) is 21.4. The van der Waals surface area contributed by atoms with Gasteiger partial charge in [-0.1, -0.05) is 6.92 Å². The van der Waals surface area contributed by atoms with Crippen molar-refractivity contribution < 1.29 is 4.79 Å². The summed E-state index contributed by atoms with van der Waals surface area (Å²) in [5.41, 5.74) is 0. The molecule has 0 bridgehead atoms. The summed E-state index contributed by atoms with van der Waals surface area (Å²) in [7, 11) is 0. The molecule has 0 aliphatic carbocycles. The second-order valence-corrected chi connectivity index (χ2v) is 6.28. The molecule has 1 saturated heterocycles. The van der Waals surface area contributed by atoms with E-state index in [2.05, 4.69) is 12.2 Å². The highest BCUT2D eigenvalue weighted by Gasteiger charge is 2.19. The van der Waals surface area contributed by atoms with Crippen LogP contribution < -0.4 is 5.32 Å². The highest BCUT2D eigenvalue weighted by atomic mass is 35.5. The minimum absolute atomic E-state index is 0.183. The van der Waals surface area contributed by atoms with Gasteiger partial charge in [-0.2, -0.15) is 11.8 Å². The van der Waals surface area contributed by atoms with Crippen LogP contribution in [0, 0.1) is 11.8 Å². The fourth-order valence-corrected chi connectivity index (χ4v) is 3.27. The van der Waals surface area contributed by atoms with E-state index in [4.69, 9.17) is 11.6 Å². The van der Waals surface area contributed by atoms with Crippen molar-refractivity contribution in [2.24, 2.45) is 11.8 Å². The largest absolute Gasteiger partial charge is 0.353 e. The Labute approximate surface area is 108 Å². The van der Waals surface area contributed by atoms with E-state index >= 15 is 0 Å². The molecule has 0 aromatic rings. The van der Waals surface area contributed by atoms with Gasteiger partial charge in [0.2, 0.25) is 5.91 Å². The molecule has 2 atom stereocenters. The Hall–Kier alpha value is 0.110. The number of hydrogen-bond acceptors (Lipinski definition) is 2. The van der Waals surface area contributed by atoms with Crippen LogP contribution >= 0.6 is 23.4 Å². The first kappa shape index (κ1) is 14.2. The molecule has 16 heavy (non-hydrogen) atoms. The van der Waals surface area contributed by atoms with E-state index in [-0.39, 0.29) is 11.9 Å². The number of nitrogens with one attached hydrogen (secondary N) is 1. The van der Waals surface area contributed by atoms with Crippen LogP contribution in [0.3, 0.4) is 0 Å². The molecule has 0 saturated carbocycles. The van der Waals surface area contributed by atoms with Crippen molar-refractivity contribution in [3.63, 3.8) is 0 Å². The van der Waals surface area contributed by atoms with Crippen molar-refractivity contribution >= 4 is 29.3 Å². The summed E-state index contributed by atoms with van der Waals surface area (Å²) in [6.45, 7) is 4.09. The zero-order chi connectivity index (χ0) is 12.0. The number of thioether (sulfide) groups is 1. The average molecular weight is 264 g/mol. The van der Waals surface area contributed by atoms with Crippen LogP contribution in [0.25, 0.3) is 0 Å². The highest BCUT2D eigenvalue weighted by Crippen LogP contribution is 2.25. The lowest BCUT2D eigenvalue weighted by atomic mass is 9.98. The van der Waals surface area contributed by atoms with Gasteiger partial charge in [0, 0.05) is 18.3 Å². The van der Waals surface area contributed by atoms with E-state index < -0.39 is 0 Å². The lowest BCUT2D eigenvalue weighted by Gasteiger charge is -2.23. The van der Waals surface area contributed by atoms with Crippen LogP contribution in [-0.4, -0.2) is 29.3 Å². The Bertz CT molecular complexity index is 213. The van der Waals surface area contributed by atoms with Gasteiger partial charge in [0.15, 0.2) is 0 Å². The number of carbonyl (C=O) groups is 1. The topological polar surface area (TPSA) is 29.1 Å². The molecular formula is C12H22ClNOS. The number of rotatable bonds is 5. The third-order valence-corrected chi connectivity index (χ3v) is 4.84. The first-order valence-corrected chi connectivity index (χ1v) is 7.75. The van der Waals surface area contributed by atoms with E-state index in [0.29, 0.717) is 24.1 Å². The average Bonchev–Trinajstić information content (AvgIpc) is 2.29. The van der Waals surface area contributed by atoms with Crippen molar-refractivity contribution in [1.29, 1.82) is 0 Å². The molecule has 0 aromatic heterocycles. The number of hydrogen-bond donors (Lipinski definition) is 1. The summed E-state index contributed by atoms with van der Waals surface area (Å²) in [6.07, 6.45) is 3.08. The summed E-state index contributed by atoms with van der Waals surface area (Å²) in [5, 5.41) is 3.05. The fourth-order valence-electron chi connectivity index (χ4n) is 1.80. The van der Waals surface area contributed by atoms with Crippen molar-refractivity contribution in [3.8, 4) is 0 Å². The summed E-state index contributed by atoms with van der Waals surface area (Å²) < 4.78 is 0. The molecule has 2 unspecified atom stereocenters. The number of alkyl halides is 1. The molecule has 1 heterocycles. The lowest BCUT2D eigenvalue weighted by Crippen LogP contribution is -2.38. The van der Waals surface area contributed by atoms with Crippen molar-refractivity contribution in [3.05, 3.63) is 0 Å². The minimum Gasteiger partial charge on any atom is -0.353 e. The van der Waals surface area contributed by atoms with E-state index in [9.17, 15) is 4.79 Å². The Morgan fingerprint density at radius 2 is 2.06 bits per heavy atom. The summed E-state index contributed by atoms with van der Waals surface area (Å²) >= 11 is 7.77. The van der Waals surface area contributed by atoms with Gasteiger partial charge in [0.1, 0.15) is 0 Å². The van der Waals surface area contributed by atoms with Gasteiger partial charge in [-0.05, 0) is 43.1 Å². The van der Waals surface area contributed by atoms with E-state index in [1.165, 1.54) is 24.3 Å². The van der Waals surface area contributed by atoms with Gasteiger partial charge in [-0.3, -0.25) is 4.79 Å². The molecule has 2 nitrogen and oxygen atoms in total. The second kappa shape index (κ2) is 7.44. The molecule has 0 radical (unpaired) electrons. The quantitative estimate of drug-likeness (QED) is 0.773. The van der Waals surface area contributed by atoms with Gasteiger partial charge in [-0.15, -0.1) is 11.6 Å². The Morgan fingerprint density at radius 3 is 2.62 bits per heavy atom. The lowest BCUT2D eigenvalue weighted by molar-refractivity contribution is -0.122. The zero-order valence-electron chi connectivity index (χ0n) is 10.2. The van der Waals surface area contributed by atoms with Gasteiger partial charge in [-0.25, -0.2) is 0 Å². The summed E-state index contributed by atoms with van der Waals surface area (Å²) in [4.78, 5) is 11.8. The number of carbonyl (C=O) groups excluding carboxylic acids is 1. The molecule has 1 amide bonds. The molecule has 1 rings (SSSR count). The predicted octanol–water partition coefficient (Wildman–Crippen LogP) is 2.90. The SMILES string of the molecule is CC(CCl)C(C)NC(=O)CC1CCSCC1. The third kappa shape index (κ3) is 4.96. The van der Waals surface area contributed by atoms with Crippen molar-refractivity contribution in [1.82, 2.24) is 5.32 Å². The molecule has 1 aliphatic heterocycles. The highest BCUT2D eigenvalue weighted by molar-refractivity contribution is 7.99. The van der Waals surface area contributed by atoms with Gasteiger partial charge >= 0.3 is 0 Å². The van der Waals surface area contributed by atoms with Gasteiger partial charge < -0.3 is 5.32 Å². The molecule has 1 aliphatic rings. The minimum atomic E-state index is 0.183. The molecule has 4 heteroatoms. The maximum Gasteiger partial charge on any atom is 0.220 e. The monoisotopic (exact) mass is 263 g/mol. The standard InChI is InChI=1S/C12H22ClNOS/c1-9(8-13)10(2)14-12(15)7-11-3-5-16-6-4-11/h9-11H,3-8H2,1-2H3,(H,14,15). The Morgan fingerprint density at radius 1 is 1.44 bits per heavy atom. The van der Waals surface area contributed by atoms with Crippen LogP contribution in [0.15, 0.2) is 0 Å². The maximum atomic E-state index is 11.8. The molecule has 1 N–H and O–H groups in total. The van der Waals surface area contributed by atoms with Gasteiger partial charge in [0.25, 0.3) is 0 Å². The molecular weight excluding hydrogens is 242 g/mol. The summed E-state index contributed by atoms with van der Waals surface area (Å²) in [5.74, 6) is 4.16. The van der Waals surface area contributed by atoms with Crippen LogP contribution in [0.1, 0.15) is 33.1 Å². The fraction of sp³-hybridized carbons (Fsp3) is 0.917. The van der Waals surface area contributed by atoms with E-state index in [1.54, 1.807) is 0 Å². The van der Waals surface area contributed by atoms with Crippen molar-refractivity contribution in [2.45, 2.75) is 39.2 Å². The Balaban J connectivity index is 2.23. The molecule has 0 aromatic carbocycles. The van der Waals surface area contributed by atoms with Gasteiger partial charge in [0.05, 0.1) is 0 Å². The van der Waals surface area contributed by atoms with Crippen LogP contribution in [0.5, 0.6) is 0 Å².